The first-order valence-corrected chi connectivity index (χ1v) is 4.51. The topological polar surface area (TPSA) is 12.0 Å². The molecule has 1 heterocycles. The van der Waals surface area contributed by atoms with E-state index in [0.29, 0.717) is 11.5 Å². The van der Waals surface area contributed by atoms with E-state index in [1.165, 1.54) is 19.4 Å². The molecule has 11 heavy (non-hydrogen) atoms. The van der Waals surface area contributed by atoms with Gasteiger partial charge in [0.05, 0.1) is 0 Å². The van der Waals surface area contributed by atoms with Crippen LogP contribution in [0.1, 0.15) is 33.6 Å². The van der Waals surface area contributed by atoms with Gasteiger partial charge in [0.15, 0.2) is 0 Å². The van der Waals surface area contributed by atoms with Gasteiger partial charge in [-0.15, -0.1) is 0 Å². The van der Waals surface area contributed by atoms with Gasteiger partial charge in [-0.05, 0) is 24.8 Å². The van der Waals surface area contributed by atoms with Crippen molar-refractivity contribution >= 4 is 0 Å². The molecule has 1 rings (SSSR count). The van der Waals surface area contributed by atoms with Gasteiger partial charge in [-0.1, -0.05) is 32.9 Å². The third-order valence-electron chi connectivity index (χ3n) is 1.93. The Morgan fingerprint density at radius 1 is 1.36 bits per heavy atom. The lowest BCUT2D eigenvalue weighted by atomic mass is 9.95. The fourth-order valence-electron chi connectivity index (χ4n) is 1.28. The molecule has 0 aromatic rings. The third kappa shape index (κ3) is 3.57. The van der Waals surface area contributed by atoms with E-state index in [-0.39, 0.29) is 0 Å². The zero-order valence-corrected chi connectivity index (χ0v) is 7.85. The van der Waals surface area contributed by atoms with Crippen LogP contribution < -0.4 is 5.32 Å². The van der Waals surface area contributed by atoms with E-state index in [2.05, 4.69) is 38.2 Å². The molecule has 0 aromatic carbocycles. The standard InChI is InChI=1S/C10H19N/c1-10(2,3)7-6-9-5-4-8-11-9/h6-7,9,11H,4-5,8H2,1-3H3/b7-6+. The molecule has 0 aliphatic carbocycles. The largest absolute Gasteiger partial charge is 0.311 e. The summed E-state index contributed by atoms with van der Waals surface area (Å²) in [6.07, 6.45) is 7.26. The molecule has 0 radical (unpaired) electrons. The normalized spacial score (nSPS) is 26.6. The molecule has 64 valence electrons. The minimum Gasteiger partial charge on any atom is -0.311 e. The fraction of sp³-hybridized carbons (Fsp3) is 0.800. The smallest absolute Gasteiger partial charge is 0.0250 e. The molecule has 0 bridgehead atoms. The quantitative estimate of drug-likeness (QED) is 0.570. The highest BCUT2D eigenvalue weighted by Crippen LogP contribution is 2.16. The summed E-state index contributed by atoms with van der Waals surface area (Å²) in [5, 5.41) is 3.44. The third-order valence-corrected chi connectivity index (χ3v) is 1.93. The number of nitrogens with one attached hydrogen (secondary N) is 1. The molecule has 1 saturated heterocycles. The van der Waals surface area contributed by atoms with Crippen molar-refractivity contribution in [2.75, 3.05) is 6.54 Å². The molecule has 0 spiro atoms. The minimum atomic E-state index is 0.338. The monoisotopic (exact) mass is 153 g/mol. The van der Waals surface area contributed by atoms with Gasteiger partial charge in [0.25, 0.3) is 0 Å². The summed E-state index contributed by atoms with van der Waals surface area (Å²) in [5.74, 6) is 0. The van der Waals surface area contributed by atoms with Crippen LogP contribution in [0.15, 0.2) is 12.2 Å². The van der Waals surface area contributed by atoms with Gasteiger partial charge in [-0.3, -0.25) is 0 Å². The Kier molecular flexibility index (Phi) is 2.72. The zero-order chi connectivity index (χ0) is 8.32. The molecule has 1 N–H and O–H groups in total. The van der Waals surface area contributed by atoms with E-state index in [0.717, 1.165) is 0 Å². The lowest BCUT2D eigenvalue weighted by Gasteiger charge is -2.12. The van der Waals surface area contributed by atoms with Crippen LogP contribution in [0.4, 0.5) is 0 Å². The van der Waals surface area contributed by atoms with Crippen LogP contribution in [0.5, 0.6) is 0 Å². The summed E-state index contributed by atoms with van der Waals surface area (Å²) >= 11 is 0. The Labute approximate surface area is 69.9 Å². The summed E-state index contributed by atoms with van der Waals surface area (Å²) in [6.45, 7) is 7.90. The van der Waals surface area contributed by atoms with Crippen molar-refractivity contribution < 1.29 is 0 Å². The predicted octanol–water partition coefficient (Wildman–Crippen LogP) is 2.34. The Morgan fingerprint density at radius 2 is 2.09 bits per heavy atom. The molecular weight excluding hydrogens is 134 g/mol. The number of hydrogen-bond donors (Lipinski definition) is 1. The van der Waals surface area contributed by atoms with Crippen LogP contribution in [0, 0.1) is 5.41 Å². The molecule has 1 nitrogen and oxygen atoms in total. The lowest BCUT2D eigenvalue weighted by Crippen LogP contribution is -2.19. The van der Waals surface area contributed by atoms with Gasteiger partial charge >= 0.3 is 0 Å². The van der Waals surface area contributed by atoms with E-state index >= 15 is 0 Å². The van der Waals surface area contributed by atoms with Gasteiger partial charge < -0.3 is 5.32 Å². The van der Waals surface area contributed by atoms with E-state index in [1.54, 1.807) is 0 Å². The summed E-state index contributed by atoms with van der Waals surface area (Å²) in [5.41, 5.74) is 0.338. The fourth-order valence-corrected chi connectivity index (χ4v) is 1.28. The van der Waals surface area contributed by atoms with Gasteiger partial charge in [0, 0.05) is 6.04 Å². The van der Waals surface area contributed by atoms with Crippen LogP contribution in [0.25, 0.3) is 0 Å². The summed E-state index contributed by atoms with van der Waals surface area (Å²) in [6, 6.07) is 0.647. The molecular formula is C10H19N. The Bertz CT molecular complexity index is 135. The molecule has 0 aromatic heterocycles. The highest BCUT2D eigenvalue weighted by molar-refractivity contribution is 5.00. The molecule has 1 fully saturated rings. The van der Waals surface area contributed by atoms with Crippen molar-refractivity contribution in [3.63, 3.8) is 0 Å². The van der Waals surface area contributed by atoms with Gasteiger partial charge in [-0.25, -0.2) is 0 Å². The van der Waals surface area contributed by atoms with E-state index in [9.17, 15) is 0 Å². The van der Waals surface area contributed by atoms with Crippen molar-refractivity contribution in [2.24, 2.45) is 5.41 Å². The van der Waals surface area contributed by atoms with Crippen molar-refractivity contribution in [3.8, 4) is 0 Å². The zero-order valence-electron chi connectivity index (χ0n) is 7.85. The van der Waals surface area contributed by atoms with Crippen LogP contribution in [-0.4, -0.2) is 12.6 Å². The number of hydrogen-bond acceptors (Lipinski definition) is 1. The highest BCUT2D eigenvalue weighted by Gasteiger charge is 2.11. The van der Waals surface area contributed by atoms with Gasteiger partial charge in [0.2, 0.25) is 0 Å². The van der Waals surface area contributed by atoms with Crippen molar-refractivity contribution in [3.05, 3.63) is 12.2 Å². The SMILES string of the molecule is CC(C)(C)/C=C/C1CCCN1. The van der Waals surface area contributed by atoms with Gasteiger partial charge in [0.1, 0.15) is 0 Å². The summed E-state index contributed by atoms with van der Waals surface area (Å²) in [4.78, 5) is 0. The van der Waals surface area contributed by atoms with Crippen LogP contribution in [0.2, 0.25) is 0 Å². The van der Waals surface area contributed by atoms with E-state index in [4.69, 9.17) is 0 Å². The first kappa shape index (κ1) is 8.79. The molecule has 0 saturated carbocycles. The number of rotatable bonds is 1. The maximum absolute atomic E-state index is 3.44. The van der Waals surface area contributed by atoms with Crippen molar-refractivity contribution in [2.45, 2.75) is 39.7 Å². The van der Waals surface area contributed by atoms with E-state index in [1.807, 2.05) is 0 Å². The molecule has 1 atom stereocenters. The van der Waals surface area contributed by atoms with Crippen LogP contribution in [-0.2, 0) is 0 Å². The maximum Gasteiger partial charge on any atom is 0.0250 e. The second kappa shape index (κ2) is 3.40. The average Bonchev–Trinajstić information content (AvgIpc) is 2.32. The average molecular weight is 153 g/mol. The molecule has 0 amide bonds. The highest BCUT2D eigenvalue weighted by atomic mass is 14.9. The second-order valence-electron chi connectivity index (χ2n) is 4.43. The first-order valence-electron chi connectivity index (χ1n) is 4.51. The molecule has 1 unspecified atom stereocenters. The minimum absolute atomic E-state index is 0.338. The molecule has 1 heteroatoms. The maximum atomic E-state index is 3.44. The first-order chi connectivity index (χ1) is 5.08. The molecule has 1 aliphatic heterocycles. The summed E-state index contributed by atoms with van der Waals surface area (Å²) < 4.78 is 0. The van der Waals surface area contributed by atoms with E-state index < -0.39 is 0 Å². The lowest BCUT2D eigenvalue weighted by molar-refractivity contribution is 0.538. The van der Waals surface area contributed by atoms with Crippen molar-refractivity contribution in [1.29, 1.82) is 0 Å². The Balaban J connectivity index is 2.34. The van der Waals surface area contributed by atoms with Crippen molar-refractivity contribution in [1.82, 2.24) is 5.32 Å². The van der Waals surface area contributed by atoms with Crippen LogP contribution in [0.3, 0.4) is 0 Å². The van der Waals surface area contributed by atoms with Gasteiger partial charge in [-0.2, -0.15) is 0 Å². The van der Waals surface area contributed by atoms with Crippen LogP contribution >= 0.6 is 0 Å². The Morgan fingerprint density at radius 3 is 2.55 bits per heavy atom. The summed E-state index contributed by atoms with van der Waals surface area (Å²) in [7, 11) is 0. The molecule has 1 aliphatic rings. The predicted molar refractivity (Wildman–Crippen MR) is 49.6 cm³/mol. The number of allylic oxidation sites excluding steroid dienone is 1. The Hall–Kier alpha value is -0.300. The second-order valence-corrected chi connectivity index (χ2v) is 4.43.